The summed E-state index contributed by atoms with van der Waals surface area (Å²) in [6.45, 7) is 9.53. The minimum Gasteiger partial charge on any atom is -0.385 e. The molecule has 1 heterocycles. The van der Waals surface area contributed by atoms with Crippen molar-refractivity contribution in [3.8, 4) is 0 Å². The van der Waals surface area contributed by atoms with Gasteiger partial charge in [0, 0.05) is 51.5 Å². The van der Waals surface area contributed by atoms with E-state index in [1.807, 2.05) is 0 Å². The zero-order chi connectivity index (χ0) is 14.9. The summed E-state index contributed by atoms with van der Waals surface area (Å²) in [6.07, 6.45) is 1.21. The molecule has 1 aliphatic rings. The minimum atomic E-state index is 1.06. The van der Waals surface area contributed by atoms with Crippen molar-refractivity contribution in [2.24, 2.45) is 0 Å². The highest BCUT2D eigenvalue weighted by molar-refractivity contribution is 5.42. The first-order chi connectivity index (χ1) is 10.2. The maximum absolute atomic E-state index is 3.48. The largest absolute Gasteiger partial charge is 0.385 e. The van der Waals surface area contributed by atoms with Gasteiger partial charge >= 0.3 is 0 Å². The van der Waals surface area contributed by atoms with Crippen LogP contribution in [0.5, 0.6) is 0 Å². The Kier molecular flexibility index (Phi) is 7.00. The van der Waals surface area contributed by atoms with Gasteiger partial charge in [0.15, 0.2) is 0 Å². The van der Waals surface area contributed by atoms with Crippen molar-refractivity contribution in [1.29, 1.82) is 0 Å². The number of nitrogens with one attached hydrogen (secondary N) is 1. The van der Waals surface area contributed by atoms with Crippen molar-refractivity contribution in [1.82, 2.24) is 14.7 Å². The predicted octanol–water partition coefficient (Wildman–Crippen LogP) is 1.67. The molecule has 4 nitrogen and oxygen atoms in total. The van der Waals surface area contributed by atoms with Gasteiger partial charge in [-0.25, -0.2) is 0 Å². The molecule has 0 saturated carbocycles. The van der Waals surface area contributed by atoms with E-state index in [2.05, 4.69) is 64.4 Å². The zero-order valence-electron chi connectivity index (χ0n) is 13.6. The Morgan fingerprint density at radius 2 is 1.57 bits per heavy atom. The molecule has 0 aliphatic carbocycles. The maximum Gasteiger partial charge on any atom is 0.0340 e. The van der Waals surface area contributed by atoms with Crippen LogP contribution in [0.15, 0.2) is 30.3 Å². The minimum absolute atomic E-state index is 1.06. The number of rotatable bonds is 8. The molecule has 1 aliphatic heterocycles. The number of anilines is 1. The smallest absolute Gasteiger partial charge is 0.0340 e. The molecule has 0 unspecified atom stereocenters. The van der Waals surface area contributed by atoms with Gasteiger partial charge in [0.2, 0.25) is 0 Å². The van der Waals surface area contributed by atoms with Crippen LogP contribution in [-0.4, -0.2) is 81.2 Å². The molecular formula is C17H30N4. The van der Waals surface area contributed by atoms with Gasteiger partial charge in [-0.1, -0.05) is 18.2 Å². The van der Waals surface area contributed by atoms with Crippen LogP contribution in [0.1, 0.15) is 6.42 Å². The molecule has 1 aromatic rings. The third-order valence-electron chi connectivity index (χ3n) is 4.08. The molecule has 0 bridgehead atoms. The van der Waals surface area contributed by atoms with Gasteiger partial charge in [-0.2, -0.15) is 0 Å². The van der Waals surface area contributed by atoms with E-state index in [0.717, 1.165) is 6.54 Å². The van der Waals surface area contributed by atoms with Crippen molar-refractivity contribution in [2.75, 3.05) is 71.8 Å². The van der Waals surface area contributed by atoms with Gasteiger partial charge in [-0.15, -0.1) is 0 Å². The van der Waals surface area contributed by atoms with Crippen LogP contribution in [0.2, 0.25) is 0 Å². The molecule has 1 N–H and O–H groups in total. The van der Waals surface area contributed by atoms with E-state index in [4.69, 9.17) is 0 Å². The summed E-state index contributed by atoms with van der Waals surface area (Å²) < 4.78 is 0. The summed E-state index contributed by atoms with van der Waals surface area (Å²) in [7, 11) is 4.30. The number of hydrogen-bond donors (Lipinski definition) is 1. The Morgan fingerprint density at radius 3 is 2.19 bits per heavy atom. The molecule has 0 amide bonds. The summed E-state index contributed by atoms with van der Waals surface area (Å²) in [5.41, 5.74) is 1.23. The number of benzene rings is 1. The highest BCUT2D eigenvalue weighted by Crippen LogP contribution is 2.06. The zero-order valence-corrected chi connectivity index (χ0v) is 13.6. The van der Waals surface area contributed by atoms with Gasteiger partial charge in [0.25, 0.3) is 0 Å². The van der Waals surface area contributed by atoms with Crippen LogP contribution in [0.3, 0.4) is 0 Å². The molecule has 0 atom stereocenters. The Bertz CT molecular complexity index is 372. The molecule has 0 aromatic heterocycles. The summed E-state index contributed by atoms with van der Waals surface area (Å²) in [6, 6.07) is 10.5. The molecule has 0 spiro atoms. The second-order valence-corrected chi connectivity index (χ2v) is 6.13. The summed E-state index contributed by atoms with van der Waals surface area (Å²) in [4.78, 5) is 7.44. The lowest BCUT2D eigenvalue weighted by Crippen LogP contribution is -2.48. The number of piperazine rings is 1. The summed E-state index contributed by atoms with van der Waals surface area (Å²) in [5.74, 6) is 0. The second kappa shape index (κ2) is 9.03. The van der Waals surface area contributed by atoms with Crippen molar-refractivity contribution >= 4 is 5.69 Å². The third kappa shape index (κ3) is 6.46. The van der Waals surface area contributed by atoms with Crippen molar-refractivity contribution < 1.29 is 0 Å². The molecular weight excluding hydrogens is 260 g/mol. The third-order valence-corrected chi connectivity index (χ3v) is 4.08. The quantitative estimate of drug-likeness (QED) is 0.735. The molecule has 21 heavy (non-hydrogen) atoms. The average Bonchev–Trinajstić information content (AvgIpc) is 2.52. The fourth-order valence-electron chi connectivity index (χ4n) is 2.67. The van der Waals surface area contributed by atoms with Crippen LogP contribution >= 0.6 is 0 Å². The lowest BCUT2D eigenvalue weighted by atomic mass is 10.2. The molecule has 0 radical (unpaired) electrons. The molecule has 2 rings (SSSR count). The first-order valence-corrected chi connectivity index (χ1v) is 8.12. The molecule has 118 valence electrons. The van der Waals surface area contributed by atoms with E-state index in [1.165, 1.54) is 57.9 Å². The second-order valence-electron chi connectivity index (χ2n) is 6.13. The van der Waals surface area contributed by atoms with E-state index in [1.54, 1.807) is 0 Å². The number of para-hydroxylation sites is 1. The van der Waals surface area contributed by atoms with Crippen molar-refractivity contribution in [3.05, 3.63) is 30.3 Å². The normalized spacial score (nSPS) is 17.3. The number of likely N-dealkylation sites (N-methyl/N-ethyl adjacent to an activating group) is 1. The Labute approximate surface area is 129 Å². The number of nitrogens with zero attached hydrogens (tertiary/aromatic N) is 3. The standard InChI is InChI=1S/C17H30N4/c1-19(2)11-12-21-15-13-20(14-16-21)10-6-9-18-17-7-4-3-5-8-17/h3-5,7-8,18H,6,9-16H2,1-2H3. The molecule has 1 saturated heterocycles. The highest BCUT2D eigenvalue weighted by Gasteiger charge is 2.15. The Balaban J connectivity index is 1.53. The van der Waals surface area contributed by atoms with Crippen LogP contribution in [-0.2, 0) is 0 Å². The van der Waals surface area contributed by atoms with Gasteiger partial charge < -0.3 is 15.1 Å². The average molecular weight is 290 g/mol. The first-order valence-electron chi connectivity index (χ1n) is 8.12. The van der Waals surface area contributed by atoms with E-state index < -0.39 is 0 Å². The molecule has 1 fully saturated rings. The maximum atomic E-state index is 3.48. The molecule has 4 heteroatoms. The van der Waals surface area contributed by atoms with Gasteiger partial charge in [0.05, 0.1) is 0 Å². The fourth-order valence-corrected chi connectivity index (χ4v) is 2.67. The van der Waals surface area contributed by atoms with Gasteiger partial charge in [-0.3, -0.25) is 4.90 Å². The lowest BCUT2D eigenvalue weighted by molar-refractivity contribution is 0.125. The van der Waals surface area contributed by atoms with Crippen LogP contribution in [0, 0.1) is 0 Å². The predicted molar refractivity (Wildman–Crippen MR) is 91.0 cm³/mol. The van der Waals surface area contributed by atoms with Crippen LogP contribution < -0.4 is 5.32 Å². The molecule has 1 aromatic carbocycles. The van der Waals surface area contributed by atoms with E-state index in [0.29, 0.717) is 0 Å². The van der Waals surface area contributed by atoms with E-state index in [-0.39, 0.29) is 0 Å². The highest BCUT2D eigenvalue weighted by atomic mass is 15.3. The van der Waals surface area contributed by atoms with Crippen LogP contribution in [0.4, 0.5) is 5.69 Å². The summed E-state index contributed by atoms with van der Waals surface area (Å²) >= 11 is 0. The van der Waals surface area contributed by atoms with Crippen molar-refractivity contribution in [3.63, 3.8) is 0 Å². The summed E-state index contributed by atoms with van der Waals surface area (Å²) in [5, 5.41) is 3.48. The lowest BCUT2D eigenvalue weighted by Gasteiger charge is -2.35. The first kappa shape index (κ1) is 16.3. The van der Waals surface area contributed by atoms with Crippen LogP contribution in [0.25, 0.3) is 0 Å². The monoisotopic (exact) mass is 290 g/mol. The fraction of sp³-hybridized carbons (Fsp3) is 0.647. The van der Waals surface area contributed by atoms with E-state index in [9.17, 15) is 0 Å². The Hall–Kier alpha value is -1.10. The van der Waals surface area contributed by atoms with Gasteiger partial charge in [0.1, 0.15) is 0 Å². The van der Waals surface area contributed by atoms with Gasteiger partial charge in [-0.05, 0) is 39.2 Å². The topological polar surface area (TPSA) is 21.8 Å². The number of hydrogen-bond acceptors (Lipinski definition) is 4. The van der Waals surface area contributed by atoms with E-state index >= 15 is 0 Å². The Morgan fingerprint density at radius 1 is 0.952 bits per heavy atom. The van der Waals surface area contributed by atoms with Crippen molar-refractivity contribution in [2.45, 2.75) is 6.42 Å². The SMILES string of the molecule is CN(C)CCN1CCN(CCCNc2ccccc2)CC1.